The molecule has 0 spiro atoms. The van der Waals surface area contributed by atoms with Gasteiger partial charge in [0.15, 0.2) is 0 Å². The second-order valence-electron chi connectivity index (χ2n) is 6.60. The van der Waals surface area contributed by atoms with Crippen LogP contribution >= 0.6 is 0 Å². The van der Waals surface area contributed by atoms with E-state index in [0.29, 0.717) is 17.4 Å². The molecule has 1 heterocycles. The van der Waals surface area contributed by atoms with Crippen LogP contribution < -0.4 is 15.4 Å². The van der Waals surface area contributed by atoms with Crippen molar-refractivity contribution in [3.63, 3.8) is 0 Å². The number of hydrogen-bond acceptors (Lipinski definition) is 3. The van der Waals surface area contributed by atoms with Crippen LogP contribution in [0.4, 0.5) is 5.69 Å². The highest BCUT2D eigenvalue weighted by atomic mass is 16.5. The maximum absolute atomic E-state index is 12.3. The van der Waals surface area contributed by atoms with Crippen molar-refractivity contribution in [1.82, 2.24) is 5.32 Å². The lowest BCUT2D eigenvalue weighted by molar-refractivity contribution is 0.0963. The molecule has 4 nitrogen and oxygen atoms in total. The fourth-order valence-electron chi connectivity index (χ4n) is 4.11. The zero-order valence-electron chi connectivity index (χ0n) is 14.5. The number of allylic oxidation sites excluding steroid dienone is 2. The third kappa shape index (κ3) is 2.58. The minimum atomic E-state index is -0.0610. The molecule has 25 heavy (non-hydrogen) atoms. The molecule has 0 aromatic heterocycles. The standard InChI is InChI=1S/C21H22N2O2/c1-22-21(24)18-11-5-10-17-15-8-4-9-16(15)19(23-20(17)18)13-6-3-7-14(12-13)25-2/h3-8,10-12,15-16,19,23H,9H2,1-2H3,(H,22,24). The first kappa shape index (κ1) is 15.8. The molecule has 1 amide bonds. The van der Waals surface area contributed by atoms with E-state index in [1.165, 1.54) is 11.1 Å². The second-order valence-corrected chi connectivity index (χ2v) is 6.60. The van der Waals surface area contributed by atoms with Gasteiger partial charge in [-0.2, -0.15) is 0 Å². The Kier molecular flexibility index (Phi) is 3.96. The highest BCUT2D eigenvalue weighted by Gasteiger charge is 2.39. The summed E-state index contributed by atoms with van der Waals surface area (Å²) in [6, 6.07) is 14.3. The number of rotatable bonds is 3. The normalized spacial score (nSPS) is 23.4. The van der Waals surface area contributed by atoms with Gasteiger partial charge in [0.2, 0.25) is 0 Å². The van der Waals surface area contributed by atoms with Crippen molar-refractivity contribution in [1.29, 1.82) is 0 Å². The number of para-hydroxylation sites is 1. The summed E-state index contributed by atoms with van der Waals surface area (Å²) in [6.45, 7) is 0. The fourth-order valence-corrected chi connectivity index (χ4v) is 4.11. The highest BCUT2D eigenvalue weighted by Crippen LogP contribution is 2.50. The van der Waals surface area contributed by atoms with Crippen LogP contribution in [0.5, 0.6) is 5.75 Å². The van der Waals surface area contributed by atoms with E-state index in [1.54, 1.807) is 14.2 Å². The number of amides is 1. The van der Waals surface area contributed by atoms with Gasteiger partial charge >= 0.3 is 0 Å². The average molecular weight is 334 g/mol. The number of carbonyl (C=O) groups excluding carboxylic acids is 1. The van der Waals surface area contributed by atoms with E-state index in [2.05, 4.69) is 41.0 Å². The molecule has 0 saturated carbocycles. The lowest BCUT2D eigenvalue weighted by atomic mass is 9.76. The zero-order chi connectivity index (χ0) is 17.4. The largest absolute Gasteiger partial charge is 0.497 e. The van der Waals surface area contributed by atoms with Crippen LogP contribution in [0.2, 0.25) is 0 Å². The molecule has 2 aliphatic rings. The minimum absolute atomic E-state index is 0.0610. The molecule has 0 fully saturated rings. The van der Waals surface area contributed by atoms with Crippen LogP contribution in [0.1, 0.15) is 39.9 Å². The quantitative estimate of drug-likeness (QED) is 0.838. The van der Waals surface area contributed by atoms with Crippen molar-refractivity contribution in [3.05, 3.63) is 71.3 Å². The fraction of sp³-hybridized carbons (Fsp3) is 0.286. The lowest BCUT2D eigenvalue weighted by Crippen LogP contribution is -2.31. The lowest BCUT2D eigenvalue weighted by Gasteiger charge is -2.38. The van der Waals surface area contributed by atoms with E-state index in [1.807, 2.05) is 24.3 Å². The van der Waals surface area contributed by atoms with Gasteiger partial charge in [0, 0.05) is 13.0 Å². The molecule has 1 aliphatic heterocycles. The summed E-state index contributed by atoms with van der Waals surface area (Å²) in [5.41, 5.74) is 4.04. The number of anilines is 1. The minimum Gasteiger partial charge on any atom is -0.497 e. The summed E-state index contributed by atoms with van der Waals surface area (Å²) in [4.78, 5) is 12.3. The summed E-state index contributed by atoms with van der Waals surface area (Å²) >= 11 is 0. The molecule has 2 aromatic carbocycles. The third-order valence-corrected chi connectivity index (χ3v) is 5.32. The van der Waals surface area contributed by atoms with Gasteiger partial charge in [-0.15, -0.1) is 0 Å². The first-order valence-electron chi connectivity index (χ1n) is 8.65. The molecular formula is C21H22N2O2. The van der Waals surface area contributed by atoms with Crippen molar-refractivity contribution in [2.24, 2.45) is 5.92 Å². The van der Waals surface area contributed by atoms with Gasteiger partial charge in [-0.05, 0) is 41.7 Å². The van der Waals surface area contributed by atoms with Gasteiger partial charge in [-0.1, -0.05) is 36.4 Å². The topological polar surface area (TPSA) is 50.4 Å². The molecule has 1 aliphatic carbocycles. The Morgan fingerprint density at radius 2 is 2.08 bits per heavy atom. The van der Waals surface area contributed by atoms with Crippen LogP contribution in [0, 0.1) is 5.92 Å². The molecule has 2 aromatic rings. The molecular weight excluding hydrogens is 312 g/mol. The van der Waals surface area contributed by atoms with Crippen molar-refractivity contribution in [2.75, 3.05) is 19.5 Å². The first-order valence-corrected chi connectivity index (χ1v) is 8.65. The Morgan fingerprint density at radius 3 is 2.88 bits per heavy atom. The predicted octanol–water partition coefficient (Wildman–Crippen LogP) is 3.88. The molecule has 2 N–H and O–H groups in total. The molecule has 4 heteroatoms. The third-order valence-electron chi connectivity index (χ3n) is 5.32. The summed E-state index contributed by atoms with van der Waals surface area (Å²) in [7, 11) is 3.36. The van der Waals surface area contributed by atoms with Gasteiger partial charge < -0.3 is 15.4 Å². The van der Waals surface area contributed by atoms with Gasteiger partial charge in [-0.3, -0.25) is 4.79 Å². The predicted molar refractivity (Wildman–Crippen MR) is 99.2 cm³/mol. The molecule has 3 atom stereocenters. The number of carbonyl (C=O) groups is 1. The Balaban J connectivity index is 1.81. The Hall–Kier alpha value is -2.75. The van der Waals surface area contributed by atoms with Crippen LogP contribution in [0.25, 0.3) is 0 Å². The smallest absolute Gasteiger partial charge is 0.253 e. The van der Waals surface area contributed by atoms with Crippen LogP contribution in [-0.4, -0.2) is 20.1 Å². The van der Waals surface area contributed by atoms with Crippen molar-refractivity contribution in [2.45, 2.75) is 18.4 Å². The molecule has 3 unspecified atom stereocenters. The Bertz CT molecular complexity index is 844. The van der Waals surface area contributed by atoms with Gasteiger partial charge in [0.05, 0.1) is 24.4 Å². The summed E-state index contributed by atoms with van der Waals surface area (Å²) in [5, 5.41) is 6.41. The van der Waals surface area contributed by atoms with E-state index in [9.17, 15) is 4.79 Å². The van der Waals surface area contributed by atoms with E-state index in [4.69, 9.17) is 4.74 Å². The summed E-state index contributed by atoms with van der Waals surface area (Å²) < 4.78 is 5.40. The van der Waals surface area contributed by atoms with Crippen molar-refractivity contribution >= 4 is 11.6 Å². The number of fused-ring (bicyclic) bond motifs is 3. The SMILES string of the molecule is CNC(=O)c1cccc2c1NC(c1cccc(OC)c1)C1CC=CC21. The summed E-state index contributed by atoms with van der Waals surface area (Å²) in [5.74, 6) is 1.57. The number of benzene rings is 2. The monoisotopic (exact) mass is 334 g/mol. The number of ether oxygens (including phenoxy) is 1. The molecule has 0 saturated heterocycles. The van der Waals surface area contributed by atoms with Crippen molar-refractivity contribution in [3.8, 4) is 5.75 Å². The van der Waals surface area contributed by atoms with Gasteiger partial charge in [0.1, 0.15) is 5.75 Å². The van der Waals surface area contributed by atoms with Gasteiger partial charge in [-0.25, -0.2) is 0 Å². The Labute approximate surface area is 147 Å². The van der Waals surface area contributed by atoms with E-state index in [0.717, 1.165) is 17.9 Å². The number of nitrogens with one attached hydrogen (secondary N) is 2. The van der Waals surface area contributed by atoms with E-state index >= 15 is 0 Å². The Morgan fingerprint density at radius 1 is 1.24 bits per heavy atom. The maximum atomic E-state index is 12.3. The average Bonchev–Trinajstić information content (AvgIpc) is 3.16. The van der Waals surface area contributed by atoms with Crippen LogP contribution in [0.3, 0.4) is 0 Å². The second kappa shape index (κ2) is 6.28. The van der Waals surface area contributed by atoms with Crippen LogP contribution in [-0.2, 0) is 0 Å². The molecule has 0 radical (unpaired) electrons. The van der Waals surface area contributed by atoms with E-state index < -0.39 is 0 Å². The summed E-state index contributed by atoms with van der Waals surface area (Å²) in [6.07, 6.45) is 5.57. The van der Waals surface area contributed by atoms with Gasteiger partial charge in [0.25, 0.3) is 5.91 Å². The van der Waals surface area contributed by atoms with E-state index in [-0.39, 0.29) is 11.9 Å². The van der Waals surface area contributed by atoms with Crippen molar-refractivity contribution < 1.29 is 9.53 Å². The molecule has 0 bridgehead atoms. The molecule has 128 valence electrons. The zero-order valence-corrected chi connectivity index (χ0v) is 14.5. The highest BCUT2D eigenvalue weighted by molar-refractivity contribution is 6.00. The number of hydrogen-bond donors (Lipinski definition) is 2. The van der Waals surface area contributed by atoms with Crippen LogP contribution in [0.15, 0.2) is 54.6 Å². The number of methoxy groups -OCH3 is 1. The first-order chi connectivity index (χ1) is 12.2. The molecule has 4 rings (SSSR count). The maximum Gasteiger partial charge on any atom is 0.253 e.